The van der Waals surface area contributed by atoms with E-state index in [2.05, 4.69) is 31.6 Å². The van der Waals surface area contributed by atoms with Crippen molar-refractivity contribution in [2.45, 2.75) is 110 Å². The third-order valence-corrected chi connectivity index (χ3v) is 15.4. The number of benzene rings is 2. The second-order valence-corrected chi connectivity index (χ2v) is 20.4. The zero-order valence-electron chi connectivity index (χ0n) is 46.8. The van der Waals surface area contributed by atoms with Crippen LogP contribution in [-0.2, 0) is 38.1 Å². The zero-order valence-corrected chi connectivity index (χ0v) is 48.4. The number of likely N-dealkylation sites (tertiary alicyclic amines) is 2. The molecule has 438 valence electrons. The van der Waals surface area contributed by atoms with Gasteiger partial charge in [-0.3, -0.25) is 44.4 Å². The first-order chi connectivity index (χ1) is 38.4. The number of ether oxygens (including phenoxy) is 6. The normalized spacial score (nSPS) is 15.1. The van der Waals surface area contributed by atoms with E-state index in [-0.39, 0.29) is 48.4 Å². The Morgan fingerprint density at radius 3 is 1.54 bits per heavy atom. The van der Waals surface area contributed by atoms with Gasteiger partial charge in [0.05, 0.1) is 66.3 Å². The van der Waals surface area contributed by atoms with E-state index in [1.54, 1.807) is 56.1 Å². The molecule has 2 saturated heterocycles. The molecule has 2 aromatic carbocycles. The maximum atomic E-state index is 13.8. The molecule has 5 heterocycles. The highest BCUT2D eigenvalue weighted by molar-refractivity contribution is 7.24. The Labute approximate surface area is 473 Å². The van der Waals surface area contributed by atoms with Crippen LogP contribution < -0.4 is 47.5 Å². The Bertz CT molecular complexity index is 2850. The number of fused-ring (bicyclic) bond motifs is 2. The van der Waals surface area contributed by atoms with Crippen molar-refractivity contribution < 1.29 is 66.8 Å². The Morgan fingerprint density at radius 1 is 0.675 bits per heavy atom. The fourth-order valence-corrected chi connectivity index (χ4v) is 11.4. The average Bonchev–Trinajstić information content (AvgIpc) is 4.09. The van der Waals surface area contributed by atoms with Crippen LogP contribution in [0.3, 0.4) is 0 Å². The van der Waals surface area contributed by atoms with Crippen molar-refractivity contribution in [3.8, 4) is 11.5 Å². The third kappa shape index (κ3) is 16.3. The predicted molar refractivity (Wildman–Crippen MR) is 306 cm³/mol. The second kappa shape index (κ2) is 30.5. The van der Waals surface area contributed by atoms with Crippen LogP contribution >= 0.6 is 22.7 Å². The lowest BCUT2D eigenvalue weighted by molar-refractivity contribution is -0.155. The Morgan fingerprint density at radius 2 is 1.12 bits per heavy atom. The van der Waals surface area contributed by atoms with Crippen LogP contribution in [0.5, 0.6) is 11.5 Å². The fraction of sp³-hybridized carbons (Fsp3) is 0.537. The molecule has 0 aliphatic carbocycles. The molecule has 7 rings (SSSR count). The first kappa shape index (κ1) is 63.7. The quantitative estimate of drug-likeness (QED) is 0.0366. The minimum atomic E-state index is -1.10. The average molecular weight is 1150 g/mol. The number of esters is 2. The van der Waals surface area contributed by atoms with Crippen molar-refractivity contribution in [1.29, 1.82) is 0 Å². The van der Waals surface area contributed by atoms with Crippen LogP contribution in [0.4, 0.5) is 19.6 Å². The minimum Gasteiger partial charge on any atom is -0.495 e. The summed E-state index contributed by atoms with van der Waals surface area (Å²) in [6.45, 7) is 15.0. The van der Waals surface area contributed by atoms with Crippen molar-refractivity contribution in [2.75, 3.05) is 90.5 Å². The topological polar surface area (TPSA) is 323 Å². The van der Waals surface area contributed by atoms with E-state index in [4.69, 9.17) is 39.9 Å². The first-order valence-corrected chi connectivity index (χ1v) is 28.4. The lowest BCUT2D eigenvalue weighted by atomic mass is 9.87. The van der Waals surface area contributed by atoms with Gasteiger partial charge in [-0.2, -0.15) is 0 Å². The molecule has 80 heavy (non-hydrogen) atoms. The number of hydrogen-bond donors (Lipinski definition) is 7. The van der Waals surface area contributed by atoms with Gasteiger partial charge < -0.3 is 65.6 Å². The number of piperidine rings is 2. The Kier molecular flexibility index (Phi) is 24.2. The summed E-state index contributed by atoms with van der Waals surface area (Å²) in [6.07, 6.45) is 2.36. The van der Waals surface area contributed by atoms with Gasteiger partial charge in [-0.05, 0) is 79.4 Å². The monoisotopic (exact) mass is 1150 g/mol. The molecule has 2 aromatic heterocycles. The molecule has 0 atom stereocenters. The lowest BCUT2D eigenvalue weighted by Crippen LogP contribution is -2.59. The number of amidine groups is 1. The van der Waals surface area contributed by atoms with Gasteiger partial charge in [0.1, 0.15) is 32.9 Å². The summed E-state index contributed by atoms with van der Waals surface area (Å²) in [4.78, 5) is 107. The summed E-state index contributed by atoms with van der Waals surface area (Å²) in [5, 5.41) is 16.0. The molecule has 8 amide bonds. The van der Waals surface area contributed by atoms with E-state index in [1.807, 2.05) is 45.9 Å². The van der Waals surface area contributed by atoms with Gasteiger partial charge in [-0.1, -0.05) is 24.3 Å². The molecule has 24 nitrogen and oxygen atoms in total. The molecular weight excluding hydrogens is 1080 g/mol. The van der Waals surface area contributed by atoms with Crippen molar-refractivity contribution in [1.82, 2.24) is 25.8 Å². The van der Waals surface area contributed by atoms with Gasteiger partial charge in [-0.15, -0.1) is 22.7 Å². The molecule has 3 aliphatic heterocycles. The molecular formula is C54H76N10O14S2. The van der Waals surface area contributed by atoms with Crippen LogP contribution in [0, 0.1) is 0 Å². The SMILES string of the molecule is CCNC(=O)Nc1sc2c(OC)cccc2c1C(=O)N1CCC(N)(C(N)=O)CC1.CCNC(=O)Nc1sc2c(OC)cccc2c1C(=O)N1CCC2(CC1)N=C(CCC(=O)OCC)NC2=O.CCOC(=O)CCC(OCC)OCC. The molecule has 0 radical (unpaired) electrons. The first-order valence-electron chi connectivity index (χ1n) is 26.8. The number of methoxy groups -OCH3 is 2. The molecule has 3 aliphatic rings. The van der Waals surface area contributed by atoms with Gasteiger partial charge >= 0.3 is 24.0 Å². The number of hydrogen-bond acceptors (Lipinski definition) is 18. The molecule has 0 unspecified atom stereocenters. The molecule has 1 spiro atoms. The van der Waals surface area contributed by atoms with E-state index in [0.29, 0.717) is 160 Å². The smallest absolute Gasteiger partial charge is 0.319 e. The van der Waals surface area contributed by atoms with Crippen molar-refractivity contribution >= 4 is 106 Å². The number of nitrogens with one attached hydrogen (secondary N) is 5. The number of rotatable bonds is 21. The number of thiophene rings is 2. The van der Waals surface area contributed by atoms with Crippen molar-refractivity contribution in [3.63, 3.8) is 0 Å². The van der Waals surface area contributed by atoms with E-state index < -0.39 is 23.0 Å². The number of primary amides is 1. The van der Waals surface area contributed by atoms with Crippen LogP contribution in [-0.4, -0.2) is 161 Å². The minimum absolute atomic E-state index is 0.143. The summed E-state index contributed by atoms with van der Waals surface area (Å²) in [7, 11) is 3.12. The maximum absolute atomic E-state index is 13.8. The van der Waals surface area contributed by atoms with Gasteiger partial charge in [0.25, 0.3) is 17.7 Å². The van der Waals surface area contributed by atoms with E-state index in [9.17, 15) is 38.4 Å². The molecule has 0 bridgehead atoms. The highest BCUT2D eigenvalue weighted by Crippen LogP contribution is 2.44. The number of nitrogens with zero attached hydrogens (tertiary/aromatic N) is 3. The molecule has 0 saturated carbocycles. The molecule has 4 aromatic rings. The van der Waals surface area contributed by atoms with E-state index in [1.165, 1.54) is 22.7 Å². The number of amides is 8. The zero-order chi connectivity index (χ0) is 58.6. The lowest BCUT2D eigenvalue weighted by Gasteiger charge is -2.37. The number of nitrogens with two attached hydrogens (primary N) is 2. The van der Waals surface area contributed by atoms with E-state index in [0.717, 1.165) is 9.40 Å². The Balaban J connectivity index is 0.000000243. The Hall–Kier alpha value is -7.13. The summed E-state index contributed by atoms with van der Waals surface area (Å²) in [5.41, 5.74) is 10.2. The van der Waals surface area contributed by atoms with Crippen molar-refractivity contribution in [2.24, 2.45) is 16.5 Å². The molecule has 2 fully saturated rings. The number of aliphatic imine (C=N–C) groups is 1. The van der Waals surface area contributed by atoms with Crippen LogP contribution in [0.1, 0.15) is 114 Å². The van der Waals surface area contributed by atoms with Gasteiger partial charge in [-0.25, -0.2) is 9.59 Å². The number of carbonyl (C=O) groups is 8. The largest absolute Gasteiger partial charge is 0.495 e. The number of carbonyl (C=O) groups excluding carboxylic acids is 8. The summed E-state index contributed by atoms with van der Waals surface area (Å²) < 4.78 is 32.7. The maximum Gasteiger partial charge on any atom is 0.319 e. The molecule has 9 N–H and O–H groups in total. The summed E-state index contributed by atoms with van der Waals surface area (Å²) >= 11 is 2.57. The second-order valence-electron chi connectivity index (χ2n) is 18.4. The summed E-state index contributed by atoms with van der Waals surface area (Å²) in [6, 6.07) is 10.1. The standard InChI is InChI=1S/C25H31N5O6S.C19H25N5O4S.C10H20O4/c1-4-26-24(34)28-21-19(15-7-6-8-16(35-3)20(15)37-21)22(32)30-13-11-25(12-14-30)23(33)27-17(29-25)9-10-18(31)36-5-2;1-3-22-18(27)23-15-13(11-5-4-6-12(28-2)14(11)29-15)16(25)24-9-7-19(21,8-10-24)17(20)26;1-4-12-9(11)7-8-10(13-5-2)14-6-3/h6-8H,4-5,9-14H2,1-3H3,(H2,26,28,34)(H,27,29,33);4-6H,3,7-10,21H2,1-2H3,(H2,20,26)(H2,22,23,27);10H,4-8H2,1-3H3. The number of urea groups is 2. The predicted octanol–water partition coefficient (Wildman–Crippen LogP) is 6.10. The van der Waals surface area contributed by atoms with Crippen LogP contribution in [0.15, 0.2) is 41.4 Å². The highest BCUT2D eigenvalue weighted by atomic mass is 32.1. The van der Waals surface area contributed by atoms with Crippen molar-refractivity contribution in [3.05, 3.63) is 47.5 Å². The van der Waals surface area contributed by atoms with Crippen LogP contribution in [0.25, 0.3) is 20.2 Å². The summed E-state index contributed by atoms with van der Waals surface area (Å²) in [5.74, 6) is -0.0496. The molecule has 26 heteroatoms. The van der Waals surface area contributed by atoms with Gasteiger partial charge in [0.15, 0.2) is 6.29 Å². The van der Waals surface area contributed by atoms with Crippen LogP contribution in [0.2, 0.25) is 0 Å². The third-order valence-electron chi connectivity index (χ3n) is 13.2. The fourth-order valence-electron chi connectivity index (χ4n) is 9.03. The highest BCUT2D eigenvalue weighted by Gasteiger charge is 2.47. The van der Waals surface area contributed by atoms with Gasteiger partial charge in [0, 0.05) is 76.1 Å². The van der Waals surface area contributed by atoms with Gasteiger partial charge in [0.2, 0.25) is 5.91 Å². The van der Waals surface area contributed by atoms with E-state index >= 15 is 0 Å². The number of anilines is 2.